The van der Waals surface area contributed by atoms with Crippen molar-refractivity contribution in [2.24, 2.45) is 0 Å². The molecule has 0 aliphatic carbocycles. The highest BCUT2D eigenvalue weighted by Crippen LogP contribution is 2.03. The SMILES string of the molecule is CCSCC[CH]S. The van der Waals surface area contributed by atoms with Crippen LogP contribution in [0.5, 0.6) is 0 Å². The molecule has 0 aromatic carbocycles. The third-order valence-electron chi connectivity index (χ3n) is 0.595. The van der Waals surface area contributed by atoms with E-state index in [1.54, 1.807) is 0 Å². The molecule has 0 nitrogen and oxygen atoms in total. The van der Waals surface area contributed by atoms with Gasteiger partial charge in [0.05, 0.1) is 0 Å². The average Bonchev–Trinajstić information content (AvgIpc) is 1.69. The Hall–Kier alpha value is 0.700. The fourth-order valence-electron chi connectivity index (χ4n) is 0.280. The summed E-state index contributed by atoms with van der Waals surface area (Å²) in [6, 6.07) is 0. The van der Waals surface area contributed by atoms with E-state index in [0.29, 0.717) is 0 Å². The Labute approximate surface area is 55.5 Å². The van der Waals surface area contributed by atoms with Crippen LogP contribution in [0.15, 0.2) is 0 Å². The lowest BCUT2D eigenvalue weighted by atomic mass is 10.6. The molecule has 0 amide bonds. The van der Waals surface area contributed by atoms with Crippen LogP contribution in [0.4, 0.5) is 0 Å². The van der Waals surface area contributed by atoms with Gasteiger partial charge < -0.3 is 0 Å². The Bertz CT molecular complexity index is 25.3. The van der Waals surface area contributed by atoms with Gasteiger partial charge in [-0.15, -0.1) is 0 Å². The minimum atomic E-state index is 1.13. The summed E-state index contributed by atoms with van der Waals surface area (Å²) in [7, 11) is 0. The molecule has 0 aromatic rings. The van der Waals surface area contributed by atoms with Crippen molar-refractivity contribution >= 4 is 24.4 Å². The van der Waals surface area contributed by atoms with E-state index in [1.165, 1.54) is 11.5 Å². The lowest BCUT2D eigenvalue weighted by Gasteiger charge is -1.90. The average molecular weight is 135 g/mol. The van der Waals surface area contributed by atoms with E-state index in [1.807, 2.05) is 17.5 Å². The Balaban J connectivity index is 2.45. The first-order valence-electron chi connectivity index (χ1n) is 2.45. The predicted octanol–water partition coefficient (Wildman–Crippen LogP) is 2.22. The number of thiol groups is 1. The first-order chi connectivity index (χ1) is 3.41. The zero-order valence-corrected chi connectivity index (χ0v) is 6.27. The summed E-state index contributed by atoms with van der Waals surface area (Å²) in [5, 5.41) is 0. The van der Waals surface area contributed by atoms with E-state index < -0.39 is 0 Å². The van der Waals surface area contributed by atoms with Crippen LogP contribution in [0.1, 0.15) is 13.3 Å². The smallest absolute Gasteiger partial charge is 0.0141 e. The van der Waals surface area contributed by atoms with Gasteiger partial charge in [0.1, 0.15) is 0 Å². The van der Waals surface area contributed by atoms with Crippen molar-refractivity contribution < 1.29 is 0 Å². The second kappa shape index (κ2) is 6.70. The van der Waals surface area contributed by atoms with Crippen LogP contribution in [0.2, 0.25) is 0 Å². The van der Waals surface area contributed by atoms with Crippen molar-refractivity contribution in [1.29, 1.82) is 0 Å². The minimum Gasteiger partial charge on any atom is -0.175 e. The van der Waals surface area contributed by atoms with E-state index in [4.69, 9.17) is 0 Å². The maximum absolute atomic E-state index is 3.96. The van der Waals surface area contributed by atoms with Gasteiger partial charge in [0.2, 0.25) is 0 Å². The summed E-state index contributed by atoms with van der Waals surface area (Å²) in [5.41, 5.74) is 0. The largest absolute Gasteiger partial charge is 0.175 e. The Kier molecular flexibility index (Phi) is 7.37. The van der Waals surface area contributed by atoms with Crippen molar-refractivity contribution in [2.45, 2.75) is 13.3 Å². The summed E-state index contributed by atoms with van der Waals surface area (Å²) in [4.78, 5) is 0. The second-order valence-electron chi connectivity index (χ2n) is 1.17. The van der Waals surface area contributed by atoms with E-state index in [0.717, 1.165) is 6.42 Å². The molecule has 7 heavy (non-hydrogen) atoms. The first kappa shape index (κ1) is 7.70. The Morgan fingerprint density at radius 3 is 2.86 bits per heavy atom. The molecule has 0 saturated carbocycles. The van der Waals surface area contributed by atoms with Crippen LogP contribution in [0.3, 0.4) is 0 Å². The van der Waals surface area contributed by atoms with Gasteiger partial charge in [-0.3, -0.25) is 0 Å². The molecule has 0 rings (SSSR count). The molecule has 43 valence electrons. The van der Waals surface area contributed by atoms with Crippen LogP contribution < -0.4 is 0 Å². The normalized spacial score (nSPS) is 9.43. The van der Waals surface area contributed by atoms with Gasteiger partial charge >= 0.3 is 0 Å². The van der Waals surface area contributed by atoms with Crippen molar-refractivity contribution in [1.82, 2.24) is 0 Å². The second-order valence-corrected chi connectivity index (χ2v) is 2.93. The molecule has 0 N–H and O–H groups in total. The Morgan fingerprint density at radius 1 is 1.71 bits per heavy atom. The van der Waals surface area contributed by atoms with E-state index in [9.17, 15) is 0 Å². The standard InChI is InChI=1S/C5H11S2/c1-2-7-5-3-4-6/h4,6H,2-3,5H2,1H3. The molecule has 0 aliphatic heterocycles. The number of hydrogen-bond donors (Lipinski definition) is 1. The third-order valence-corrected chi connectivity index (χ3v) is 1.79. The van der Waals surface area contributed by atoms with Crippen LogP contribution in [-0.4, -0.2) is 11.5 Å². The summed E-state index contributed by atoms with van der Waals surface area (Å²) in [6.07, 6.45) is 1.13. The first-order valence-corrected chi connectivity index (χ1v) is 4.12. The number of thioether (sulfide) groups is 1. The lowest BCUT2D eigenvalue weighted by molar-refractivity contribution is 1.22. The van der Waals surface area contributed by atoms with Crippen molar-refractivity contribution in [3.63, 3.8) is 0 Å². The zero-order valence-electron chi connectivity index (χ0n) is 4.55. The van der Waals surface area contributed by atoms with Gasteiger partial charge in [-0.05, 0) is 17.9 Å². The molecule has 0 aliphatic rings. The highest BCUT2D eigenvalue weighted by Gasteiger charge is 1.80. The minimum absolute atomic E-state index is 1.13. The monoisotopic (exact) mass is 135 g/mol. The summed E-state index contributed by atoms with van der Waals surface area (Å²) in [5.74, 6) is 4.35. The lowest BCUT2D eigenvalue weighted by Crippen LogP contribution is -1.75. The molecule has 1 radical (unpaired) electrons. The van der Waals surface area contributed by atoms with E-state index >= 15 is 0 Å². The van der Waals surface area contributed by atoms with Crippen LogP contribution >= 0.6 is 24.4 Å². The molecule has 0 heterocycles. The van der Waals surface area contributed by atoms with Gasteiger partial charge in [-0.1, -0.05) is 6.92 Å². The van der Waals surface area contributed by atoms with Crippen molar-refractivity contribution in [2.75, 3.05) is 11.5 Å². The molecule has 0 saturated heterocycles. The van der Waals surface area contributed by atoms with Crippen LogP contribution in [-0.2, 0) is 0 Å². The molecule has 2 heteroatoms. The third kappa shape index (κ3) is 6.70. The van der Waals surface area contributed by atoms with Gasteiger partial charge in [0.25, 0.3) is 0 Å². The van der Waals surface area contributed by atoms with E-state index in [2.05, 4.69) is 19.6 Å². The fraction of sp³-hybridized carbons (Fsp3) is 0.800. The quantitative estimate of drug-likeness (QED) is 0.455. The van der Waals surface area contributed by atoms with Crippen molar-refractivity contribution in [3.05, 3.63) is 5.75 Å². The molecule has 0 fully saturated rings. The molecule has 0 unspecified atom stereocenters. The number of hydrogen-bond acceptors (Lipinski definition) is 2. The zero-order chi connectivity index (χ0) is 5.54. The highest BCUT2D eigenvalue weighted by molar-refractivity contribution is 7.99. The summed E-state index contributed by atoms with van der Waals surface area (Å²) in [6.45, 7) is 2.17. The molecular formula is C5H11S2. The molecular weight excluding hydrogens is 124 g/mol. The summed E-state index contributed by atoms with van der Waals surface area (Å²) >= 11 is 5.91. The van der Waals surface area contributed by atoms with Gasteiger partial charge in [0, 0.05) is 5.75 Å². The highest BCUT2D eigenvalue weighted by atomic mass is 32.2. The van der Waals surface area contributed by atoms with Gasteiger partial charge in [-0.2, -0.15) is 24.4 Å². The van der Waals surface area contributed by atoms with Crippen LogP contribution in [0.25, 0.3) is 0 Å². The maximum atomic E-state index is 3.96. The van der Waals surface area contributed by atoms with Crippen molar-refractivity contribution in [3.8, 4) is 0 Å². The Morgan fingerprint density at radius 2 is 2.43 bits per heavy atom. The van der Waals surface area contributed by atoms with Crippen LogP contribution in [0, 0.1) is 5.75 Å². The molecule has 0 aromatic heterocycles. The van der Waals surface area contributed by atoms with E-state index in [-0.39, 0.29) is 0 Å². The molecule has 0 spiro atoms. The van der Waals surface area contributed by atoms with Gasteiger partial charge in [0.15, 0.2) is 0 Å². The van der Waals surface area contributed by atoms with Gasteiger partial charge in [-0.25, -0.2) is 0 Å². The molecule has 0 bridgehead atoms. The fourth-order valence-corrected chi connectivity index (χ4v) is 1.16. The summed E-state index contributed by atoms with van der Waals surface area (Å²) < 4.78 is 0. The maximum Gasteiger partial charge on any atom is 0.0141 e. The topological polar surface area (TPSA) is 0 Å². The molecule has 0 atom stereocenters. The predicted molar refractivity (Wildman–Crippen MR) is 40.9 cm³/mol. The number of rotatable bonds is 4.